The van der Waals surface area contributed by atoms with Crippen molar-refractivity contribution in [2.75, 3.05) is 11.9 Å². The van der Waals surface area contributed by atoms with Gasteiger partial charge in [-0.2, -0.15) is 0 Å². The number of anilines is 1. The van der Waals surface area contributed by atoms with Gasteiger partial charge >= 0.3 is 5.97 Å². The summed E-state index contributed by atoms with van der Waals surface area (Å²) in [6, 6.07) is 0. The molecule has 1 heterocycles. The molecule has 4 saturated carbocycles. The van der Waals surface area contributed by atoms with Crippen LogP contribution in [-0.4, -0.2) is 24.3 Å². The zero-order valence-corrected chi connectivity index (χ0v) is 17.0. The van der Waals surface area contributed by atoms with E-state index in [0.29, 0.717) is 38.8 Å². The van der Waals surface area contributed by atoms with Crippen LogP contribution >= 0.6 is 11.3 Å². The maximum Gasteiger partial charge on any atom is 0.341 e. The standard InChI is InChI=1S/C21H27NO4S/c1-4-26-19(24)16-11(2)17(12(3)23)27-18(16)22-20(25)21-8-13-5-14(9-21)7-15(6-13)10-21/h13-15H,4-10H2,1-3H3,(H,22,25). The lowest BCUT2D eigenvalue weighted by atomic mass is 9.49. The third kappa shape index (κ3) is 3.12. The van der Waals surface area contributed by atoms with Crippen LogP contribution in [0.3, 0.4) is 0 Å². The Bertz CT molecular complexity index is 774. The molecular weight excluding hydrogens is 362 g/mol. The number of ether oxygens (including phenoxy) is 1. The Kier molecular flexibility index (Phi) is 4.65. The summed E-state index contributed by atoms with van der Waals surface area (Å²) in [5.41, 5.74) is 0.645. The molecule has 0 radical (unpaired) electrons. The van der Waals surface area contributed by atoms with Crippen molar-refractivity contribution in [3.63, 3.8) is 0 Å². The molecule has 1 aromatic heterocycles. The van der Waals surface area contributed by atoms with E-state index in [4.69, 9.17) is 4.74 Å². The summed E-state index contributed by atoms with van der Waals surface area (Å²) in [6.45, 7) is 5.24. The molecule has 146 valence electrons. The fourth-order valence-corrected chi connectivity index (χ4v) is 7.10. The van der Waals surface area contributed by atoms with E-state index >= 15 is 0 Å². The SMILES string of the molecule is CCOC(=O)c1c(NC(=O)C23CC4CC(CC(C4)C2)C3)sc(C(C)=O)c1C. The Labute approximate surface area is 163 Å². The minimum atomic E-state index is -0.473. The number of hydrogen-bond donors (Lipinski definition) is 1. The number of esters is 1. The first-order valence-electron chi connectivity index (χ1n) is 9.96. The third-order valence-electron chi connectivity index (χ3n) is 6.69. The molecule has 1 amide bonds. The number of Topliss-reactive ketones (excluding diaryl/α,β-unsaturated/α-hetero) is 1. The Morgan fingerprint density at radius 1 is 1.11 bits per heavy atom. The van der Waals surface area contributed by atoms with Gasteiger partial charge in [0.05, 0.1) is 22.5 Å². The van der Waals surface area contributed by atoms with E-state index < -0.39 is 5.97 Å². The van der Waals surface area contributed by atoms with E-state index in [1.807, 2.05) is 0 Å². The minimum Gasteiger partial charge on any atom is -0.462 e. The highest BCUT2D eigenvalue weighted by Crippen LogP contribution is 2.60. The van der Waals surface area contributed by atoms with E-state index in [0.717, 1.165) is 19.3 Å². The van der Waals surface area contributed by atoms with Crippen LogP contribution < -0.4 is 5.32 Å². The van der Waals surface area contributed by atoms with Gasteiger partial charge < -0.3 is 10.1 Å². The van der Waals surface area contributed by atoms with Crippen molar-refractivity contribution >= 4 is 34.0 Å². The first-order chi connectivity index (χ1) is 12.8. The largest absolute Gasteiger partial charge is 0.462 e. The Morgan fingerprint density at radius 3 is 2.15 bits per heavy atom. The number of carbonyl (C=O) groups is 3. The summed E-state index contributed by atoms with van der Waals surface area (Å²) in [5, 5.41) is 3.52. The van der Waals surface area contributed by atoms with Crippen LogP contribution in [0.5, 0.6) is 0 Å². The number of rotatable bonds is 5. The lowest BCUT2D eigenvalue weighted by molar-refractivity contribution is -0.140. The monoisotopic (exact) mass is 389 g/mol. The topological polar surface area (TPSA) is 72.5 Å². The van der Waals surface area contributed by atoms with Gasteiger partial charge in [-0.15, -0.1) is 11.3 Å². The van der Waals surface area contributed by atoms with Crippen LogP contribution in [0.25, 0.3) is 0 Å². The van der Waals surface area contributed by atoms with Gasteiger partial charge in [-0.3, -0.25) is 9.59 Å². The predicted octanol–water partition coefficient (Wildman–Crippen LogP) is 4.59. The molecule has 5 rings (SSSR count). The molecule has 4 fully saturated rings. The molecule has 0 atom stereocenters. The van der Waals surface area contributed by atoms with Gasteiger partial charge in [-0.25, -0.2) is 4.79 Å². The maximum absolute atomic E-state index is 13.3. The second-order valence-corrected chi connectivity index (χ2v) is 9.71. The minimum absolute atomic E-state index is 0.0310. The summed E-state index contributed by atoms with van der Waals surface area (Å²) in [7, 11) is 0. The van der Waals surface area contributed by atoms with E-state index in [2.05, 4.69) is 5.32 Å². The molecule has 4 bridgehead atoms. The van der Waals surface area contributed by atoms with E-state index in [1.165, 1.54) is 37.5 Å². The molecule has 0 aliphatic heterocycles. The highest BCUT2D eigenvalue weighted by Gasteiger charge is 2.54. The molecule has 0 spiro atoms. The quantitative estimate of drug-likeness (QED) is 0.590. The molecule has 0 saturated heterocycles. The van der Waals surface area contributed by atoms with Gasteiger partial charge in [0.15, 0.2) is 5.78 Å². The van der Waals surface area contributed by atoms with Crippen molar-refractivity contribution in [3.8, 4) is 0 Å². The zero-order chi connectivity index (χ0) is 19.3. The maximum atomic E-state index is 13.3. The number of carbonyl (C=O) groups excluding carboxylic acids is 3. The second kappa shape index (κ2) is 6.73. The molecule has 1 N–H and O–H groups in total. The van der Waals surface area contributed by atoms with Crippen molar-refractivity contribution in [3.05, 3.63) is 16.0 Å². The van der Waals surface area contributed by atoms with Crippen molar-refractivity contribution in [2.45, 2.75) is 59.3 Å². The number of hydrogen-bond acceptors (Lipinski definition) is 5. The van der Waals surface area contributed by atoms with Crippen LogP contribution in [0, 0.1) is 30.1 Å². The molecule has 4 aliphatic rings. The molecule has 4 aliphatic carbocycles. The lowest BCUT2D eigenvalue weighted by Gasteiger charge is -2.55. The molecular formula is C21H27NO4S. The smallest absolute Gasteiger partial charge is 0.341 e. The van der Waals surface area contributed by atoms with Crippen molar-refractivity contribution in [1.29, 1.82) is 0 Å². The van der Waals surface area contributed by atoms with Crippen molar-refractivity contribution < 1.29 is 19.1 Å². The molecule has 6 heteroatoms. The average Bonchev–Trinajstić information content (AvgIpc) is 2.90. The number of amides is 1. The van der Waals surface area contributed by atoms with Crippen LogP contribution in [0.2, 0.25) is 0 Å². The summed E-state index contributed by atoms with van der Waals surface area (Å²) >= 11 is 1.20. The van der Waals surface area contributed by atoms with Crippen LogP contribution in [0.4, 0.5) is 5.00 Å². The number of ketones is 1. The lowest BCUT2D eigenvalue weighted by Crippen LogP contribution is -2.51. The molecule has 0 unspecified atom stereocenters. The third-order valence-corrected chi connectivity index (χ3v) is 8.00. The van der Waals surface area contributed by atoms with Gasteiger partial charge in [-0.1, -0.05) is 0 Å². The summed E-state index contributed by atoms with van der Waals surface area (Å²) in [5.74, 6) is 1.47. The second-order valence-electron chi connectivity index (χ2n) is 8.69. The van der Waals surface area contributed by atoms with Gasteiger partial charge in [-0.05, 0) is 82.6 Å². The fourth-order valence-electron chi connectivity index (χ4n) is 6.01. The van der Waals surface area contributed by atoms with E-state index in [1.54, 1.807) is 13.8 Å². The summed E-state index contributed by atoms with van der Waals surface area (Å²) < 4.78 is 5.18. The molecule has 1 aromatic rings. The zero-order valence-electron chi connectivity index (χ0n) is 16.2. The van der Waals surface area contributed by atoms with Crippen LogP contribution in [-0.2, 0) is 9.53 Å². The van der Waals surface area contributed by atoms with Gasteiger partial charge in [0, 0.05) is 0 Å². The highest BCUT2D eigenvalue weighted by atomic mass is 32.1. The fraction of sp³-hybridized carbons (Fsp3) is 0.667. The predicted molar refractivity (Wildman–Crippen MR) is 104 cm³/mol. The van der Waals surface area contributed by atoms with Crippen molar-refractivity contribution in [1.82, 2.24) is 0 Å². The van der Waals surface area contributed by atoms with Gasteiger partial charge in [0.25, 0.3) is 0 Å². The van der Waals surface area contributed by atoms with Crippen LogP contribution in [0.1, 0.15) is 78.0 Å². The summed E-state index contributed by atoms with van der Waals surface area (Å²) in [4.78, 5) is 38.3. The highest BCUT2D eigenvalue weighted by molar-refractivity contribution is 7.18. The Hall–Kier alpha value is -1.69. The molecule has 5 nitrogen and oxygen atoms in total. The first kappa shape index (κ1) is 18.7. The van der Waals surface area contributed by atoms with Gasteiger partial charge in [0.1, 0.15) is 5.00 Å². The first-order valence-corrected chi connectivity index (χ1v) is 10.8. The molecule has 0 aromatic carbocycles. The Balaban J connectivity index is 1.64. The Morgan fingerprint density at radius 2 is 1.67 bits per heavy atom. The van der Waals surface area contributed by atoms with E-state index in [9.17, 15) is 14.4 Å². The van der Waals surface area contributed by atoms with Crippen LogP contribution in [0.15, 0.2) is 0 Å². The average molecular weight is 390 g/mol. The molecule has 27 heavy (non-hydrogen) atoms. The summed E-state index contributed by atoms with van der Waals surface area (Å²) in [6.07, 6.45) is 6.70. The van der Waals surface area contributed by atoms with Gasteiger partial charge in [0.2, 0.25) is 5.91 Å². The van der Waals surface area contributed by atoms with Crippen molar-refractivity contribution in [2.24, 2.45) is 23.2 Å². The normalized spacial score (nSPS) is 31.0. The number of thiophene rings is 1. The van der Waals surface area contributed by atoms with E-state index in [-0.39, 0.29) is 23.7 Å². The number of nitrogens with one attached hydrogen (secondary N) is 1.